The summed E-state index contributed by atoms with van der Waals surface area (Å²) in [7, 11) is 0. The van der Waals surface area contributed by atoms with E-state index in [-0.39, 0.29) is 28.4 Å². The highest BCUT2D eigenvalue weighted by Crippen LogP contribution is 2.33. The van der Waals surface area contributed by atoms with E-state index in [1.54, 1.807) is 25.1 Å². The quantitative estimate of drug-likeness (QED) is 0.379. The van der Waals surface area contributed by atoms with Gasteiger partial charge in [-0.3, -0.25) is 4.79 Å². The second kappa shape index (κ2) is 6.75. The summed E-state index contributed by atoms with van der Waals surface area (Å²) in [6.07, 6.45) is 1.42. The zero-order valence-corrected chi connectivity index (χ0v) is 16.1. The summed E-state index contributed by atoms with van der Waals surface area (Å²) in [5.41, 5.74) is 0.486. The van der Waals surface area contributed by atoms with Crippen LogP contribution in [-0.4, -0.2) is 5.97 Å². The maximum absolute atomic E-state index is 13.0. The van der Waals surface area contributed by atoms with Gasteiger partial charge in [0.05, 0.1) is 11.6 Å². The SMILES string of the molecule is Cc1cc2oc(-c3ccco3)c(OC(=O)c3ccc(Br)o3)c(=O)c2cc1Cl. The van der Waals surface area contributed by atoms with E-state index in [4.69, 9.17) is 29.6 Å². The second-order valence-electron chi connectivity index (χ2n) is 5.66. The molecule has 0 N–H and O–H groups in total. The fourth-order valence-corrected chi connectivity index (χ4v) is 3.00. The Labute approximate surface area is 165 Å². The van der Waals surface area contributed by atoms with E-state index >= 15 is 0 Å². The van der Waals surface area contributed by atoms with Crippen molar-refractivity contribution in [3.8, 4) is 17.3 Å². The molecule has 3 heterocycles. The molecule has 0 saturated carbocycles. The number of hydrogen-bond donors (Lipinski definition) is 0. The zero-order chi connectivity index (χ0) is 19.1. The second-order valence-corrected chi connectivity index (χ2v) is 6.85. The third kappa shape index (κ3) is 3.20. The van der Waals surface area contributed by atoms with E-state index in [1.807, 2.05) is 0 Å². The minimum absolute atomic E-state index is 0.00167. The number of fused-ring (bicyclic) bond motifs is 1. The third-order valence-electron chi connectivity index (χ3n) is 3.84. The van der Waals surface area contributed by atoms with E-state index in [0.29, 0.717) is 15.3 Å². The molecule has 1 aromatic carbocycles. The molecule has 0 aliphatic heterocycles. The summed E-state index contributed by atoms with van der Waals surface area (Å²) >= 11 is 9.24. The Morgan fingerprint density at radius 3 is 2.67 bits per heavy atom. The summed E-state index contributed by atoms with van der Waals surface area (Å²) in [5, 5.41) is 0.581. The summed E-state index contributed by atoms with van der Waals surface area (Å²) < 4.78 is 22.0. The van der Waals surface area contributed by atoms with Gasteiger partial charge in [0.2, 0.25) is 22.7 Å². The number of aryl methyl sites for hydroxylation is 1. The van der Waals surface area contributed by atoms with Crippen LogP contribution < -0.4 is 10.2 Å². The van der Waals surface area contributed by atoms with Crippen molar-refractivity contribution in [2.75, 3.05) is 0 Å². The number of esters is 1. The summed E-state index contributed by atoms with van der Waals surface area (Å²) in [4.78, 5) is 25.4. The molecular weight excluding hydrogens is 440 g/mol. The number of carbonyl (C=O) groups excluding carboxylic acids is 1. The first kappa shape index (κ1) is 17.6. The monoisotopic (exact) mass is 448 g/mol. The molecule has 0 aliphatic carbocycles. The number of ether oxygens (including phenoxy) is 1. The zero-order valence-electron chi connectivity index (χ0n) is 13.7. The largest absolute Gasteiger partial charge is 0.461 e. The summed E-state index contributed by atoms with van der Waals surface area (Å²) in [6, 6.07) is 9.29. The van der Waals surface area contributed by atoms with Crippen molar-refractivity contribution in [1.82, 2.24) is 0 Å². The molecule has 4 rings (SSSR count). The van der Waals surface area contributed by atoms with Crippen molar-refractivity contribution in [2.24, 2.45) is 0 Å². The van der Waals surface area contributed by atoms with Gasteiger partial charge >= 0.3 is 5.97 Å². The maximum Gasteiger partial charge on any atom is 0.379 e. The van der Waals surface area contributed by atoms with Gasteiger partial charge in [-0.05, 0) is 64.8 Å². The Kier molecular flexibility index (Phi) is 4.41. The Morgan fingerprint density at radius 2 is 2.00 bits per heavy atom. The van der Waals surface area contributed by atoms with Gasteiger partial charge in [0.1, 0.15) is 5.58 Å². The van der Waals surface area contributed by atoms with E-state index in [1.165, 1.54) is 24.5 Å². The molecule has 0 saturated heterocycles. The van der Waals surface area contributed by atoms with Gasteiger partial charge in [-0.25, -0.2) is 4.79 Å². The van der Waals surface area contributed by atoms with Gasteiger partial charge in [0.25, 0.3) is 0 Å². The lowest BCUT2D eigenvalue weighted by atomic mass is 10.1. The first-order chi connectivity index (χ1) is 12.9. The fraction of sp³-hybridized carbons (Fsp3) is 0.0526. The number of benzene rings is 1. The number of hydrogen-bond acceptors (Lipinski definition) is 6. The molecule has 0 unspecified atom stereocenters. The molecule has 0 amide bonds. The summed E-state index contributed by atoms with van der Waals surface area (Å²) in [6.45, 7) is 1.79. The highest BCUT2D eigenvalue weighted by atomic mass is 79.9. The molecule has 0 aliphatic rings. The average molecular weight is 450 g/mol. The minimum Gasteiger partial charge on any atom is -0.461 e. The smallest absolute Gasteiger partial charge is 0.379 e. The van der Waals surface area contributed by atoms with Crippen LogP contribution >= 0.6 is 27.5 Å². The van der Waals surface area contributed by atoms with Crippen LogP contribution in [0.3, 0.4) is 0 Å². The summed E-state index contributed by atoms with van der Waals surface area (Å²) in [5.74, 6) is -0.995. The third-order valence-corrected chi connectivity index (χ3v) is 4.68. The van der Waals surface area contributed by atoms with Gasteiger partial charge in [0, 0.05) is 5.02 Å². The van der Waals surface area contributed by atoms with E-state index in [0.717, 1.165) is 5.56 Å². The number of rotatable bonds is 3. The van der Waals surface area contributed by atoms with Crippen molar-refractivity contribution < 1.29 is 22.8 Å². The predicted octanol–water partition coefficient (Wildman–Crippen LogP) is 5.59. The van der Waals surface area contributed by atoms with Crippen LogP contribution in [0.5, 0.6) is 5.75 Å². The normalized spacial score (nSPS) is 11.1. The van der Waals surface area contributed by atoms with Crippen molar-refractivity contribution in [2.45, 2.75) is 6.92 Å². The molecule has 6 nitrogen and oxygen atoms in total. The molecule has 0 radical (unpaired) electrons. The molecule has 136 valence electrons. The van der Waals surface area contributed by atoms with Crippen molar-refractivity contribution in [3.63, 3.8) is 0 Å². The van der Waals surface area contributed by atoms with Crippen LogP contribution in [0, 0.1) is 6.92 Å². The molecule has 3 aromatic heterocycles. The number of furan rings is 2. The van der Waals surface area contributed by atoms with Crippen LogP contribution in [0.2, 0.25) is 5.02 Å². The lowest BCUT2D eigenvalue weighted by Crippen LogP contribution is -2.16. The van der Waals surface area contributed by atoms with Crippen molar-refractivity contribution in [3.05, 3.63) is 73.9 Å². The number of carbonyl (C=O) groups is 1. The van der Waals surface area contributed by atoms with Gasteiger partial charge in [-0.1, -0.05) is 11.6 Å². The van der Waals surface area contributed by atoms with E-state index in [2.05, 4.69) is 15.9 Å². The van der Waals surface area contributed by atoms with E-state index < -0.39 is 11.4 Å². The van der Waals surface area contributed by atoms with Crippen molar-refractivity contribution in [1.29, 1.82) is 0 Å². The molecule has 27 heavy (non-hydrogen) atoms. The molecule has 8 heteroatoms. The minimum atomic E-state index is -0.849. The Bertz CT molecular complexity index is 1220. The molecule has 0 spiro atoms. The average Bonchev–Trinajstić information content (AvgIpc) is 3.31. The van der Waals surface area contributed by atoms with Gasteiger partial charge in [-0.2, -0.15) is 0 Å². The van der Waals surface area contributed by atoms with Crippen LogP contribution in [0.4, 0.5) is 0 Å². The Balaban J connectivity index is 1.92. The van der Waals surface area contributed by atoms with Gasteiger partial charge in [-0.15, -0.1) is 0 Å². The van der Waals surface area contributed by atoms with Crippen LogP contribution in [0.15, 0.2) is 65.4 Å². The van der Waals surface area contributed by atoms with Gasteiger partial charge < -0.3 is 18.0 Å². The first-order valence-corrected chi connectivity index (χ1v) is 8.89. The molecule has 0 bridgehead atoms. The molecule has 4 aromatic rings. The Morgan fingerprint density at radius 1 is 1.19 bits per heavy atom. The highest BCUT2D eigenvalue weighted by Gasteiger charge is 2.24. The first-order valence-electron chi connectivity index (χ1n) is 7.72. The highest BCUT2D eigenvalue weighted by molar-refractivity contribution is 9.10. The van der Waals surface area contributed by atoms with Crippen LogP contribution in [0.25, 0.3) is 22.5 Å². The topological polar surface area (TPSA) is 82.8 Å². The molecule has 0 atom stereocenters. The van der Waals surface area contributed by atoms with Crippen LogP contribution in [-0.2, 0) is 0 Å². The fourth-order valence-electron chi connectivity index (χ4n) is 2.53. The van der Waals surface area contributed by atoms with Crippen molar-refractivity contribution >= 4 is 44.5 Å². The maximum atomic E-state index is 13.0. The lowest BCUT2D eigenvalue weighted by molar-refractivity contribution is 0.0696. The number of halogens is 2. The van der Waals surface area contributed by atoms with Crippen LogP contribution in [0.1, 0.15) is 16.1 Å². The predicted molar refractivity (Wildman–Crippen MR) is 101 cm³/mol. The Hall–Kier alpha value is -2.77. The van der Waals surface area contributed by atoms with Gasteiger partial charge in [0.15, 0.2) is 10.4 Å². The lowest BCUT2D eigenvalue weighted by Gasteiger charge is -2.09. The standard InChI is InChI=1S/C19H10BrClO6/c1-9-7-14-10(8-11(9)21)16(22)18(17(26-14)12-3-2-6-24-12)27-19(23)13-4-5-15(20)25-13/h2-8H,1H3. The molecular formula is C19H10BrClO6. The van der Waals surface area contributed by atoms with E-state index in [9.17, 15) is 9.59 Å². The molecule has 0 fully saturated rings.